The molecule has 0 atom stereocenters. The summed E-state index contributed by atoms with van der Waals surface area (Å²) >= 11 is 0. The molecule has 0 fully saturated rings. The van der Waals surface area contributed by atoms with E-state index in [1.165, 1.54) is 36.4 Å². The summed E-state index contributed by atoms with van der Waals surface area (Å²) in [5.41, 5.74) is -0.0767. The Morgan fingerprint density at radius 1 is 1.09 bits per heavy atom. The lowest BCUT2D eigenvalue weighted by atomic mass is 10.2. The fourth-order valence-corrected chi connectivity index (χ4v) is 3.32. The van der Waals surface area contributed by atoms with Crippen molar-refractivity contribution in [2.24, 2.45) is 0 Å². The number of rotatable bonds is 9. The number of para-hydroxylation sites is 1. The summed E-state index contributed by atoms with van der Waals surface area (Å²) in [5, 5.41) is 2.30. The van der Waals surface area contributed by atoms with Crippen LogP contribution in [0.25, 0.3) is 0 Å². The number of terminal acetylenes is 1. The van der Waals surface area contributed by atoms with Gasteiger partial charge in [-0.15, -0.1) is 19.6 Å². The van der Waals surface area contributed by atoms with E-state index in [2.05, 4.69) is 20.7 Å². The van der Waals surface area contributed by atoms with Gasteiger partial charge in [0, 0.05) is 12.1 Å². The molecule has 2 rings (SSSR count). The van der Waals surface area contributed by atoms with E-state index in [1.807, 2.05) is 0 Å². The van der Waals surface area contributed by atoms with Crippen LogP contribution >= 0.6 is 0 Å². The molecule has 0 saturated carbocycles. The summed E-state index contributed by atoms with van der Waals surface area (Å²) in [6, 6.07) is 10.1. The maximum atomic E-state index is 12.4. The number of benzene rings is 2. The van der Waals surface area contributed by atoms with Crippen molar-refractivity contribution in [1.29, 1.82) is 0 Å². The number of ether oxygens (including phenoxy) is 2. The molecule has 0 aromatic heterocycles. The zero-order valence-corrected chi connectivity index (χ0v) is 17.1. The third kappa shape index (κ3) is 7.60. The Morgan fingerprint density at radius 2 is 1.81 bits per heavy atom. The minimum atomic E-state index is -4.89. The molecule has 0 heterocycles. The molecule has 12 heteroatoms. The van der Waals surface area contributed by atoms with Crippen molar-refractivity contribution < 1.29 is 40.7 Å². The van der Waals surface area contributed by atoms with Gasteiger partial charge in [-0.05, 0) is 24.3 Å². The number of carbonyl (C=O) groups excluding carboxylic acids is 2. The second kappa shape index (κ2) is 10.7. The SMILES string of the molecule is C#CCNS(=O)(=O)c1cccc(C(=O)OCC(=O)NCc2ccccc2OC(F)(F)F)c1. The molecule has 0 spiro atoms. The Bertz CT molecular complexity index is 1130. The molecule has 8 nitrogen and oxygen atoms in total. The van der Waals surface area contributed by atoms with Crippen LogP contribution in [0.1, 0.15) is 15.9 Å². The maximum absolute atomic E-state index is 12.4. The Labute approximate surface area is 181 Å². The first-order valence-electron chi connectivity index (χ1n) is 8.82. The largest absolute Gasteiger partial charge is 0.573 e. The highest BCUT2D eigenvalue weighted by atomic mass is 32.2. The Kier molecular flexibility index (Phi) is 8.22. The summed E-state index contributed by atoms with van der Waals surface area (Å²) in [6.45, 7) is -1.29. The van der Waals surface area contributed by atoms with Crippen molar-refractivity contribution in [3.05, 3.63) is 59.7 Å². The molecule has 0 bridgehead atoms. The third-order valence-corrected chi connectivity index (χ3v) is 5.15. The van der Waals surface area contributed by atoms with Gasteiger partial charge in [0.15, 0.2) is 6.61 Å². The van der Waals surface area contributed by atoms with Crippen LogP contribution in [-0.2, 0) is 26.1 Å². The van der Waals surface area contributed by atoms with E-state index in [1.54, 1.807) is 0 Å². The van der Waals surface area contributed by atoms with Crippen molar-refractivity contribution in [2.75, 3.05) is 13.2 Å². The number of nitrogens with one attached hydrogen (secondary N) is 2. The van der Waals surface area contributed by atoms with Crippen LogP contribution in [0.4, 0.5) is 13.2 Å². The number of amides is 1. The highest BCUT2D eigenvalue weighted by Gasteiger charge is 2.32. The second-order valence-corrected chi connectivity index (χ2v) is 7.83. The monoisotopic (exact) mass is 470 g/mol. The number of halogens is 3. The molecular weight excluding hydrogens is 453 g/mol. The van der Waals surface area contributed by atoms with Crippen LogP contribution in [0.3, 0.4) is 0 Å². The van der Waals surface area contributed by atoms with Gasteiger partial charge in [-0.25, -0.2) is 13.2 Å². The van der Waals surface area contributed by atoms with Gasteiger partial charge in [0.2, 0.25) is 10.0 Å². The highest BCUT2D eigenvalue weighted by molar-refractivity contribution is 7.89. The molecule has 0 saturated heterocycles. The number of sulfonamides is 1. The van der Waals surface area contributed by atoms with E-state index in [4.69, 9.17) is 11.2 Å². The van der Waals surface area contributed by atoms with Crippen LogP contribution in [0.5, 0.6) is 5.75 Å². The maximum Gasteiger partial charge on any atom is 0.573 e. The van der Waals surface area contributed by atoms with Gasteiger partial charge in [-0.2, -0.15) is 4.72 Å². The fourth-order valence-electron chi connectivity index (χ4n) is 2.34. The first-order chi connectivity index (χ1) is 15.0. The Balaban J connectivity index is 1.94. The minimum absolute atomic E-state index is 0.0573. The van der Waals surface area contributed by atoms with E-state index in [0.717, 1.165) is 12.1 Å². The van der Waals surface area contributed by atoms with Gasteiger partial charge in [0.05, 0.1) is 17.0 Å². The average Bonchev–Trinajstić information content (AvgIpc) is 2.74. The highest BCUT2D eigenvalue weighted by Crippen LogP contribution is 2.26. The summed E-state index contributed by atoms with van der Waals surface area (Å²) in [5.74, 6) is -0.135. The molecule has 0 radical (unpaired) electrons. The van der Waals surface area contributed by atoms with E-state index in [9.17, 15) is 31.2 Å². The molecular formula is C20H17F3N2O6S. The molecule has 2 aromatic carbocycles. The van der Waals surface area contributed by atoms with E-state index in [0.29, 0.717) is 0 Å². The normalized spacial score (nSPS) is 11.3. The van der Waals surface area contributed by atoms with Crippen LogP contribution < -0.4 is 14.8 Å². The molecule has 0 aliphatic rings. The Morgan fingerprint density at radius 3 is 2.50 bits per heavy atom. The standard InChI is InChI=1S/C20H17F3N2O6S/c1-2-10-25-32(28,29)16-8-5-7-14(11-16)19(27)30-13-18(26)24-12-15-6-3-4-9-17(15)31-20(21,22)23/h1,3-9,11,25H,10,12-13H2,(H,24,26). The van der Waals surface area contributed by atoms with E-state index >= 15 is 0 Å². The number of hydrogen-bond donors (Lipinski definition) is 2. The van der Waals surface area contributed by atoms with Crippen LogP contribution in [0.2, 0.25) is 0 Å². The Hall–Kier alpha value is -3.56. The molecule has 1 amide bonds. The third-order valence-electron chi connectivity index (χ3n) is 3.75. The van der Waals surface area contributed by atoms with Crippen molar-refractivity contribution in [3.63, 3.8) is 0 Å². The van der Waals surface area contributed by atoms with Crippen molar-refractivity contribution >= 4 is 21.9 Å². The second-order valence-electron chi connectivity index (χ2n) is 6.06. The summed E-state index contributed by atoms with van der Waals surface area (Å²) in [7, 11) is -3.94. The lowest BCUT2D eigenvalue weighted by Crippen LogP contribution is -2.29. The van der Waals surface area contributed by atoms with Gasteiger partial charge >= 0.3 is 12.3 Å². The first kappa shape index (κ1) is 24.7. The van der Waals surface area contributed by atoms with Gasteiger partial charge in [-0.1, -0.05) is 30.2 Å². The van der Waals surface area contributed by atoms with Crippen LogP contribution in [0, 0.1) is 12.3 Å². The van der Waals surface area contributed by atoms with Crippen LogP contribution in [0.15, 0.2) is 53.4 Å². The molecule has 0 aliphatic carbocycles. The molecule has 170 valence electrons. The number of carbonyl (C=O) groups is 2. The van der Waals surface area contributed by atoms with Gasteiger partial charge in [0.1, 0.15) is 5.75 Å². The number of hydrogen-bond acceptors (Lipinski definition) is 6. The summed E-state index contributed by atoms with van der Waals surface area (Å²) in [6.07, 6.45) is 0.116. The first-order valence-corrected chi connectivity index (χ1v) is 10.3. The smallest absolute Gasteiger partial charge is 0.452 e. The average molecular weight is 470 g/mol. The van der Waals surface area contributed by atoms with E-state index in [-0.39, 0.29) is 29.1 Å². The number of esters is 1. The van der Waals surface area contributed by atoms with Gasteiger partial charge in [-0.3, -0.25) is 4.79 Å². The van der Waals surface area contributed by atoms with Crippen molar-refractivity contribution in [2.45, 2.75) is 17.8 Å². The lowest BCUT2D eigenvalue weighted by molar-refractivity contribution is -0.274. The fraction of sp³-hybridized carbons (Fsp3) is 0.200. The molecule has 32 heavy (non-hydrogen) atoms. The van der Waals surface area contributed by atoms with E-state index < -0.39 is 40.6 Å². The zero-order valence-electron chi connectivity index (χ0n) is 16.3. The lowest BCUT2D eigenvalue weighted by Gasteiger charge is -2.13. The number of alkyl halides is 3. The molecule has 0 unspecified atom stereocenters. The molecule has 0 aliphatic heterocycles. The van der Waals surface area contributed by atoms with Crippen LogP contribution in [-0.4, -0.2) is 39.8 Å². The predicted octanol–water partition coefficient (Wildman–Crippen LogP) is 1.97. The summed E-state index contributed by atoms with van der Waals surface area (Å²) < 4.78 is 72.3. The van der Waals surface area contributed by atoms with Gasteiger partial charge < -0.3 is 14.8 Å². The zero-order chi connectivity index (χ0) is 23.8. The van der Waals surface area contributed by atoms with Crippen molar-refractivity contribution in [1.82, 2.24) is 10.0 Å². The summed E-state index contributed by atoms with van der Waals surface area (Å²) in [4.78, 5) is 23.8. The molecule has 2 N–H and O–H groups in total. The predicted molar refractivity (Wildman–Crippen MR) is 106 cm³/mol. The topological polar surface area (TPSA) is 111 Å². The molecule has 2 aromatic rings. The van der Waals surface area contributed by atoms with Crippen molar-refractivity contribution in [3.8, 4) is 18.1 Å². The van der Waals surface area contributed by atoms with Gasteiger partial charge in [0.25, 0.3) is 5.91 Å². The quantitative estimate of drug-likeness (QED) is 0.428. The minimum Gasteiger partial charge on any atom is -0.452 e.